The van der Waals surface area contributed by atoms with Crippen molar-refractivity contribution in [2.45, 2.75) is 19.8 Å². The monoisotopic (exact) mass is 184 g/mol. The lowest BCUT2D eigenvalue weighted by Gasteiger charge is -2.10. The van der Waals surface area contributed by atoms with Crippen molar-refractivity contribution in [1.82, 2.24) is 0 Å². The number of hydrogen-bond acceptors (Lipinski definition) is 1. The van der Waals surface area contributed by atoms with Gasteiger partial charge in [-0.25, -0.2) is 0 Å². The third-order valence-corrected chi connectivity index (χ3v) is 2.29. The molecule has 0 aliphatic heterocycles. The van der Waals surface area contributed by atoms with Crippen molar-refractivity contribution in [1.29, 1.82) is 0 Å². The Morgan fingerprint density at radius 3 is 2.67 bits per heavy atom. The molecule has 0 saturated carbocycles. The molecule has 1 atom stereocenters. The molecular formula is C10H13ClO. The van der Waals surface area contributed by atoms with Gasteiger partial charge in [-0.05, 0) is 24.1 Å². The Morgan fingerprint density at radius 2 is 2.17 bits per heavy atom. The minimum Gasteiger partial charge on any atom is -0.396 e. The van der Waals surface area contributed by atoms with Crippen LogP contribution in [0, 0.1) is 6.92 Å². The summed E-state index contributed by atoms with van der Waals surface area (Å²) in [6, 6.07) is 5.90. The Hall–Kier alpha value is -0.530. The van der Waals surface area contributed by atoms with Crippen molar-refractivity contribution in [3.63, 3.8) is 0 Å². The predicted molar refractivity (Wildman–Crippen MR) is 51.7 cm³/mol. The Morgan fingerprint density at radius 1 is 1.50 bits per heavy atom. The van der Waals surface area contributed by atoms with E-state index in [1.165, 1.54) is 0 Å². The largest absolute Gasteiger partial charge is 0.396 e. The second-order valence-corrected chi connectivity index (χ2v) is 3.52. The van der Waals surface area contributed by atoms with E-state index in [0.29, 0.717) is 0 Å². The number of aryl methyl sites for hydroxylation is 1. The zero-order valence-electron chi connectivity index (χ0n) is 7.34. The first kappa shape index (κ1) is 9.56. The number of benzene rings is 1. The Bertz CT molecular complexity index is 271. The van der Waals surface area contributed by atoms with Crippen molar-refractivity contribution in [3.8, 4) is 0 Å². The molecule has 0 spiro atoms. The summed E-state index contributed by atoms with van der Waals surface area (Å²) in [5.74, 6) is 0.123. The highest BCUT2D eigenvalue weighted by molar-refractivity contribution is 6.31. The van der Waals surface area contributed by atoms with E-state index >= 15 is 0 Å². The third kappa shape index (κ3) is 1.99. The molecule has 0 amide bonds. The van der Waals surface area contributed by atoms with Gasteiger partial charge in [-0.15, -0.1) is 0 Å². The zero-order valence-corrected chi connectivity index (χ0v) is 8.10. The van der Waals surface area contributed by atoms with Crippen LogP contribution in [0.25, 0.3) is 0 Å². The quantitative estimate of drug-likeness (QED) is 0.750. The van der Waals surface area contributed by atoms with Crippen LogP contribution in [0.15, 0.2) is 18.2 Å². The van der Waals surface area contributed by atoms with Gasteiger partial charge in [-0.3, -0.25) is 0 Å². The molecule has 66 valence electrons. The highest BCUT2D eigenvalue weighted by atomic mass is 35.5. The fourth-order valence-corrected chi connectivity index (χ4v) is 1.55. The summed E-state index contributed by atoms with van der Waals surface area (Å²) in [5.41, 5.74) is 2.17. The normalized spacial score (nSPS) is 13.0. The molecule has 0 radical (unpaired) electrons. The van der Waals surface area contributed by atoms with Crippen LogP contribution in [0.4, 0.5) is 0 Å². The van der Waals surface area contributed by atoms with E-state index in [-0.39, 0.29) is 12.5 Å². The Balaban J connectivity index is 3.01. The molecule has 0 aromatic heterocycles. The number of aliphatic hydroxyl groups excluding tert-OH is 1. The molecule has 1 aromatic carbocycles. The summed E-state index contributed by atoms with van der Waals surface area (Å²) in [7, 11) is 0. The second-order valence-electron chi connectivity index (χ2n) is 3.11. The molecule has 1 unspecified atom stereocenters. The highest BCUT2D eigenvalue weighted by Gasteiger charge is 2.07. The Kier molecular flexibility index (Phi) is 3.12. The fraction of sp³-hybridized carbons (Fsp3) is 0.400. The summed E-state index contributed by atoms with van der Waals surface area (Å²) in [6.45, 7) is 4.10. The molecule has 0 aliphatic carbocycles. The summed E-state index contributed by atoms with van der Waals surface area (Å²) >= 11 is 5.99. The maximum absolute atomic E-state index is 8.92. The first-order valence-corrected chi connectivity index (χ1v) is 4.40. The van der Waals surface area contributed by atoms with E-state index in [4.69, 9.17) is 16.7 Å². The molecule has 1 nitrogen and oxygen atoms in total. The summed E-state index contributed by atoms with van der Waals surface area (Å²) in [6.07, 6.45) is 0. The number of rotatable bonds is 2. The van der Waals surface area contributed by atoms with Crippen molar-refractivity contribution in [2.24, 2.45) is 0 Å². The van der Waals surface area contributed by atoms with Crippen LogP contribution in [0.2, 0.25) is 5.02 Å². The molecule has 1 N–H and O–H groups in total. The van der Waals surface area contributed by atoms with E-state index in [1.807, 2.05) is 32.0 Å². The van der Waals surface area contributed by atoms with Gasteiger partial charge in [-0.2, -0.15) is 0 Å². The maximum Gasteiger partial charge on any atom is 0.0497 e. The molecule has 0 aliphatic rings. The number of hydrogen-bond donors (Lipinski definition) is 1. The molecule has 1 aromatic rings. The summed E-state index contributed by atoms with van der Waals surface area (Å²) in [5, 5.41) is 9.67. The van der Waals surface area contributed by atoms with Crippen molar-refractivity contribution in [3.05, 3.63) is 34.3 Å². The lowest BCUT2D eigenvalue weighted by Crippen LogP contribution is -1.99. The molecule has 12 heavy (non-hydrogen) atoms. The summed E-state index contributed by atoms with van der Waals surface area (Å²) < 4.78 is 0. The topological polar surface area (TPSA) is 20.2 Å². The van der Waals surface area contributed by atoms with Crippen LogP contribution in [0.5, 0.6) is 0 Å². The Labute approximate surface area is 78.0 Å². The minimum absolute atomic E-state index is 0.123. The first-order chi connectivity index (χ1) is 5.65. The zero-order chi connectivity index (χ0) is 9.14. The molecule has 0 heterocycles. The van der Waals surface area contributed by atoms with E-state index in [0.717, 1.165) is 16.1 Å². The van der Waals surface area contributed by atoms with Gasteiger partial charge in [0, 0.05) is 17.5 Å². The molecular weight excluding hydrogens is 172 g/mol. The van der Waals surface area contributed by atoms with Crippen LogP contribution in [-0.2, 0) is 0 Å². The standard InChI is InChI=1S/C10H13ClO/c1-7-3-4-9(8(2)6-12)10(11)5-7/h3-5,8,12H,6H2,1-2H3. The van der Waals surface area contributed by atoms with Crippen molar-refractivity contribution in [2.75, 3.05) is 6.61 Å². The second kappa shape index (κ2) is 3.92. The van der Waals surface area contributed by atoms with Gasteiger partial charge in [-0.1, -0.05) is 30.7 Å². The summed E-state index contributed by atoms with van der Waals surface area (Å²) in [4.78, 5) is 0. The molecule has 0 saturated heterocycles. The van der Waals surface area contributed by atoms with Crippen LogP contribution >= 0.6 is 11.6 Å². The lowest BCUT2D eigenvalue weighted by molar-refractivity contribution is 0.273. The SMILES string of the molecule is Cc1ccc(C(C)CO)c(Cl)c1. The fourth-order valence-electron chi connectivity index (χ4n) is 1.13. The predicted octanol–water partition coefficient (Wildman–Crippen LogP) is 2.74. The van der Waals surface area contributed by atoms with Crippen molar-refractivity contribution >= 4 is 11.6 Å². The maximum atomic E-state index is 8.92. The number of aliphatic hydroxyl groups is 1. The van der Waals surface area contributed by atoms with Crippen LogP contribution in [0.1, 0.15) is 24.0 Å². The minimum atomic E-state index is 0.123. The smallest absolute Gasteiger partial charge is 0.0497 e. The van der Waals surface area contributed by atoms with Crippen LogP contribution < -0.4 is 0 Å². The van der Waals surface area contributed by atoms with Gasteiger partial charge in [0.05, 0.1) is 0 Å². The molecule has 2 heteroatoms. The average Bonchev–Trinajstić information content (AvgIpc) is 2.03. The highest BCUT2D eigenvalue weighted by Crippen LogP contribution is 2.24. The average molecular weight is 185 g/mol. The van der Waals surface area contributed by atoms with E-state index < -0.39 is 0 Å². The lowest BCUT2D eigenvalue weighted by atomic mass is 10.0. The van der Waals surface area contributed by atoms with Gasteiger partial charge in [0.2, 0.25) is 0 Å². The van der Waals surface area contributed by atoms with Crippen LogP contribution in [0.3, 0.4) is 0 Å². The van der Waals surface area contributed by atoms with Gasteiger partial charge < -0.3 is 5.11 Å². The van der Waals surface area contributed by atoms with E-state index in [1.54, 1.807) is 0 Å². The molecule has 1 rings (SSSR count). The first-order valence-electron chi connectivity index (χ1n) is 4.02. The van der Waals surface area contributed by atoms with Gasteiger partial charge in [0.1, 0.15) is 0 Å². The molecule has 0 bridgehead atoms. The van der Waals surface area contributed by atoms with Gasteiger partial charge >= 0.3 is 0 Å². The number of halogens is 1. The van der Waals surface area contributed by atoms with E-state index in [2.05, 4.69) is 0 Å². The van der Waals surface area contributed by atoms with Crippen molar-refractivity contribution < 1.29 is 5.11 Å². The van der Waals surface area contributed by atoms with E-state index in [9.17, 15) is 0 Å². The molecule has 0 fully saturated rings. The van der Waals surface area contributed by atoms with Gasteiger partial charge in [0.25, 0.3) is 0 Å². The van der Waals surface area contributed by atoms with Gasteiger partial charge in [0.15, 0.2) is 0 Å². The van der Waals surface area contributed by atoms with Crippen LogP contribution in [-0.4, -0.2) is 11.7 Å². The third-order valence-electron chi connectivity index (χ3n) is 1.96.